The first kappa shape index (κ1) is 17.4. The van der Waals surface area contributed by atoms with Gasteiger partial charge in [-0.25, -0.2) is 0 Å². The van der Waals surface area contributed by atoms with Crippen LogP contribution in [-0.2, 0) is 0 Å². The maximum atomic E-state index is 9.74. The molecule has 132 valence electrons. The van der Waals surface area contributed by atoms with Crippen LogP contribution in [0.25, 0.3) is 0 Å². The summed E-state index contributed by atoms with van der Waals surface area (Å²) >= 11 is 0. The largest absolute Gasteiger partial charge is 0.503 e. The van der Waals surface area contributed by atoms with Gasteiger partial charge in [0.1, 0.15) is 23.3 Å². The van der Waals surface area contributed by atoms with Crippen LogP contribution >= 0.6 is 0 Å². The van der Waals surface area contributed by atoms with Crippen molar-refractivity contribution in [3.8, 4) is 12.1 Å². The van der Waals surface area contributed by atoms with Crippen molar-refractivity contribution in [2.45, 2.75) is 18.9 Å². The maximum absolute atomic E-state index is 9.74. The van der Waals surface area contributed by atoms with Gasteiger partial charge in [-0.2, -0.15) is 10.5 Å². The number of hydrogen-bond acceptors (Lipinski definition) is 7. The topological polar surface area (TPSA) is 124 Å². The van der Waals surface area contributed by atoms with Crippen molar-refractivity contribution in [3.63, 3.8) is 0 Å². The van der Waals surface area contributed by atoms with Crippen LogP contribution < -0.4 is 10.2 Å². The second kappa shape index (κ2) is 7.22. The second-order valence-electron chi connectivity index (χ2n) is 6.09. The number of aliphatic hydroxyl groups is 3. The van der Waals surface area contributed by atoms with E-state index < -0.39 is 11.5 Å². The number of anilines is 2. The third-order valence-electron chi connectivity index (χ3n) is 4.63. The molecule has 0 saturated carbocycles. The maximum Gasteiger partial charge on any atom is 0.177 e. The summed E-state index contributed by atoms with van der Waals surface area (Å²) in [4.78, 5) is 2.17. The van der Waals surface area contributed by atoms with Crippen molar-refractivity contribution in [2.75, 3.05) is 23.4 Å². The zero-order valence-electron chi connectivity index (χ0n) is 14.0. The molecule has 1 atom stereocenters. The molecule has 1 fully saturated rings. The Morgan fingerprint density at radius 1 is 1.12 bits per heavy atom. The van der Waals surface area contributed by atoms with Crippen molar-refractivity contribution in [3.05, 3.63) is 58.7 Å². The summed E-state index contributed by atoms with van der Waals surface area (Å²) in [6.45, 7) is 1.04. The Hall–Kier alpha value is -3.42. The highest BCUT2D eigenvalue weighted by molar-refractivity contribution is 5.70. The Morgan fingerprint density at radius 2 is 1.73 bits per heavy atom. The molecule has 0 aromatic heterocycles. The second-order valence-corrected chi connectivity index (χ2v) is 6.09. The minimum Gasteiger partial charge on any atom is -0.503 e. The molecule has 1 aromatic carbocycles. The molecular formula is C19H18N4O3. The van der Waals surface area contributed by atoms with E-state index in [2.05, 4.69) is 10.2 Å². The lowest BCUT2D eigenvalue weighted by molar-refractivity contribution is 0.266. The lowest BCUT2D eigenvalue weighted by Crippen LogP contribution is -2.31. The van der Waals surface area contributed by atoms with Crippen LogP contribution in [0.4, 0.5) is 11.4 Å². The zero-order chi connectivity index (χ0) is 18.7. The lowest BCUT2D eigenvalue weighted by Gasteiger charge is -2.25. The molecule has 4 N–H and O–H groups in total. The summed E-state index contributed by atoms with van der Waals surface area (Å²) in [6.07, 6.45) is 3.44. The van der Waals surface area contributed by atoms with Gasteiger partial charge in [0.05, 0.1) is 12.6 Å². The smallest absolute Gasteiger partial charge is 0.177 e. The molecule has 7 heteroatoms. The molecule has 1 aliphatic carbocycles. The molecule has 0 bridgehead atoms. The fourth-order valence-corrected chi connectivity index (χ4v) is 3.26. The van der Waals surface area contributed by atoms with Crippen LogP contribution in [0, 0.1) is 22.7 Å². The molecular weight excluding hydrogens is 332 g/mol. The van der Waals surface area contributed by atoms with E-state index in [0.29, 0.717) is 0 Å². The van der Waals surface area contributed by atoms with Gasteiger partial charge in [0.2, 0.25) is 0 Å². The average molecular weight is 350 g/mol. The Balaban J connectivity index is 1.79. The van der Waals surface area contributed by atoms with Gasteiger partial charge in [-0.05, 0) is 37.1 Å². The van der Waals surface area contributed by atoms with Crippen LogP contribution in [-0.4, -0.2) is 34.5 Å². The predicted molar refractivity (Wildman–Crippen MR) is 96.1 cm³/mol. The number of rotatable bonds is 4. The first-order chi connectivity index (χ1) is 12.6. The highest BCUT2D eigenvalue weighted by atomic mass is 16.3. The SMILES string of the molecule is N#CC1=C(O)C(O)=C(C#N)C1=CNc1ccc(N2CCC[C@H]2CO)cc1. The number of benzene rings is 1. The number of nitrogens with one attached hydrogen (secondary N) is 1. The summed E-state index contributed by atoms with van der Waals surface area (Å²) in [5.41, 5.74) is 1.60. The summed E-state index contributed by atoms with van der Waals surface area (Å²) in [5, 5.41) is 50.1. The highest BCUT2D eigenvalue weighted by Crippen LogP contribution is 2.34. The zero-order valence-corrected chi connectivity index (χ0v) is 14.0. The van der Waals surface area contributed by atoms with Crippen molar-refractivity contribution in [1.82, 2.24) is 0 Å². The van der Waals surface area contributed by atoms with Gasteiger partial charge in [0.15, 0.2) is 11.5 Å². The molecule has 3 rings (SSSR count). The van der Waals surface area contributed by atoms with E-state index >= 15 is 0 Å². The lowest BCUT2D eigenvalue weighted by atomic mass is 10.1. The normalized spacial score (nSPS) is 19.6. The van der Waals surface area contributed by atoms with E-state index in [9.17, 15) is 15.3 Å². The molecule has 1 aromatic rings. The summed E-state index contributed by atoms with van der Waals surface area (Å²) in [5.74, 6) is -1.17. The van der Waals surface area contributed by atoms with E-state index in [0.717, 1.165) is 30.8 Å². The Labute approximate surface area is 151 Å². The molecule has 1 aliphatic heterocycles. The van der Waals surface area contributed by atoms with Gasteiger partial charge in [0.25, 0.3) is 0 Å². The van der Waals surface area contributed by atoms with Gasteiger partial charge in [-0.15, -0.1) is 0 Å². The molecule has 0 radical (unpaired) electrons. The summed E-state index contributed by atoms with van der Waals surface area (Å²) in [7, 11) is 0. The first-order valence-corrected chi connectivity index (χ1v) is 8.22. The van der Waals surface area contributed by atoms with Crippen LogP contribution in [0.5, 0.6) is 0 Å². The van der Waals surface area contributed by atoms with E-state index in [4.69, 9.17) is 10.5 Å². The Bertz CT molecular complexity index is 847. The van der Waals surface area contributed by atoms with Crippen molar-refractivity contribution in [1.29, 1.82) is 10.5 Å². The number of hydrogen-bond donors (Lipinski definition) is 4. The monoisotopic (exact) mass is 350 g/mol. The van der Waals surface area contributed by atoms with Crippen LogP contribution in [0.1, 0.15) is 12.8 Å². The van der Waals surface area contributed by atoms with Crippen molar-refractivity contribution < 1.29 is 15.3 Å². The van der Waals surface area contributed by atoms with E-state index in [-0.39, 0.29) is 29.4 Å². The fourth-order valence-electron chi connectivity index (χ4n) is 3.26. The van der Waals surface area contributed by atoms with Gasteiger partial charge in [-0.1, -0.05) is 0 Å². The fraction of sp³-hybridized carbons (Fsp3) is 0.263. The number of allylic oxidation sites excluding steroid dienone is 3. The molecule has 0 amide bonds. The molecule has 1 heterocycles. The standard InChI is InChI=1S/C19H18N4O3/c20-8-15-17(16(9-21)19(26)18(15)25)10-22-12-3-5-13(6-4-12)23-7-1-2-14(23)11-24/h3-6,10,14,22,24-26H,1-2,7,11H2/t14-/m0/s1. The van der Waals surface area contributed by atoms with Gasteiger partial charge in [-0.3, -0.25) is 0 Å². The first-order valence-electron chi connectivity index (χ1n) is 8.22. The number of nitriles is 2. The minimum atomic E-state index is -0.587. The van der Waals surface area contributed by atoms with Gasteiger partial charge < -0.3 is 25.5 Å². The summed E-state index contributed by atoms with van der Waals surface area (Å²) < 4.78 is 0. The predicted octanol–water partition coefficient (Wildman–Crippen LogP) is 2.63. The van der Waals surface area contributed by atoms with Crippen LogP contribution in [0.3, 0.4) is 0 Å². The third-order valence-corrected chi connectivity index (χ3v) is 4.63. The minimum absolute atomic E-state index is 0.131. The average Bonchev–Trinajstić information content (AvgIpc) is 3.23. The van der Waals surface area contributed by atoms with Crippen molar-refractivity contribution in [2.24, 2.45) is 0 Å². The third kappa shape index (κ3) is 2.97. The molecule has 26 heavy (non-hydrogen) atoms. The molecule has 2 aliphatic rings. The Morgan fingerprint density at radius 3 is 2.27 bits per heavy atom. The number of aliphatic hydroxyl groups excluding tert-OH is 3. The molecule has 0 spiro atoms. The molecule has 0 unspecified atom stereocenters. The van der Waals surface area contributed by atoms with Gasteiger partial charge >= 0.3 is 0 Å². The van der Waals surface area contributed by atoms with Crippen LogP contribution in [0.15, 0.2) is 58.7 Å². The highest BCUT2D eigenvalue weighted by Gasteiger charge is 2.29. The molecule has 1 saturated heterocycles. The quantitative estimate of drug-likeness (QED) is 0.658. The van der Waals surface area contributed by atoms with Gasteiger partial charge in [0, 0.05) is 29.7 Å². The van der Waals surface area contributed by atoms with E-state index in [1.807, 2.05) is 24.3 Å². The van der Waals surface area contributed by atoms with Crippen molar-refractivity contribution >= 4 is 11.4 Å². The van der Waals surface area contributed by atoms with E-state index in [1.165, 1.54) is 6.20 Å². The molecule has 7 nitrogen and oxygen atoms in total. The van der Waals surface area contributed by atoms with E-state index in [1.54, 1.807) is 12.1 Å². The number of nitrogens with zero attached hydrogens (tertiary/aromatic N) is 3. The Kier molecular flexibility index (Phi) is 4.83. The summed E-state index contributed by atoms with van der Waals surface area (Å²) in [6, 6.07) is 11.3. The van der Waals surface area contributed by atoms with Crippen LogP contribution in [0.2, 0.25) is 0 Å².